The van der Waals surface area contributed by atoms with Gasteiger partial charge in [-0.2, -0.15) is 11.8 Å². The maximum absolute atomic E-state index is 12.4. The first-order valence-electron chi connectivity index (χ1n) is 8.47. The summed E-state index contributed by atoms with van der Waals surface area (Å²) in [6, 6.07) is 13.4. The molecule has 25 heavy (non-hydrogen) atoms. The molecule has 0 bridgehead atoms. The molecule has 3 rings (SSSR count). The average Bonchev–Trinajstić information content (AvgIpc) is 2.68. The van der Waals surface area contributed by atoms with Gasteiger partial charge in [0, 0.05) is 25.0 Å². The fourth-order valence-electron chi connectivity index (χ4n) is 2.73. The third kappa shape index (κ3) is 5.13. The van der Waals surface area contributed by atoms with Crippen LogP contribution in [0.2, 0.25) is 0 Å². The van der Waals surface area contributed by atoms with Gasteiger partial charge < -0.3 is 15.0 Å². The molecule has 0 saturated carbocycles. The molecule has 132 valence electrons. The minimum Gasteiger partial charge on any atom is -0.487 e. The number of thioether (sulfide) groups is 1. The Bertz CT molecular complexity index is 673. The largest absolute Gasteiger partial charge is 0.487 e. The van der Waals surface area contributed by atoms with Crippen LogP contribution >= 0.6 is 11.8 Å². The second-order valence-electron chi connectivity index (χ2n) is 6.02. The lowest BCUT2D eigenvalue weighted by molar-refractivity contribution is 0.200. The second-order valence-corrected chi connectivity index (χ2v) is 7.24. The second kappa shape index (κ2) is 8.76. The predicted molar refractivity (Wildman–Crippen MR) is 102 cm³/mol. The molecule has 0 atom stereocenters. The molecule has 6 heteroatoms. The molecule has 1 aliphatic rings. The van der Waals surface area contributed by atoms with Crippen LogP contribution in [0.1, 0.15) is 18.5 Å². The monoisotopic (exact) mass is 357 g/mol. The summed E-state index contributed by atoms with van der Waals surface area (Å²) < 4.78 is 5.71. The van der Waals surface area contributed by atoms with E-state index in [0.717, 1.165) is 41.5 Å². The van der Waals surface area contributed by atoms with E-state index in [1.54, 1.807) is 6.20 Å². The van der Waals surface area contributed by atoms with Crippen molar-refractivity contribution >= 4 is 23.5 Å². The van der Waals surface area contributed by atoms with Crippen molar-refractivity contribution in [3.63, 3.8) is 0 Å². The molecular formula is C19H23N3O2S. The maximum atomic E-state index is 12.4. The number of nitrogens with one attached hydrogen (secondary N) is 1. The Kier molecular flexibility index (Phi) is 6.17. The summed E-state index contributed by atoms with van der Waals surface area (Å²) in [7, 11) is 1.88. The smallest absolute Gasteiger partial charge is 0.321 e. The van der Waals surface area contributed by atoms with E-state index in [1.165, 1.54) is 0 Å². The van der Waals surface area contributed by atoms with Crippen LogP contribution in [0.3, 0.4) is 0 Å². The van der Waals surface area contributed by atoms with E-state index < -0.39 is 0 Å². The molecule has 1 aromatic carbocycles. The minimum absolute atomic E-state index is 0.0564. The van der Waals surface area contributed by atoms with Crippen LogP contribution in [-0.2, 0) is 6.61 Å². The summed E-state index contributed by atoms with van der Waals surface area (Å²) in [6.07, 6.45) is 3.88. The van der Waals surface area contributed by atoms with Gasteiger partial charge in [0.15, 0.2) is 0 Å². The molecule has 5 nitrogen and oxygen atoms in total. The standard InChI is InChI=1S/C19H23N3O2S/c1-22(17-9-12-25-13-10-17)19(23)21-15-5-7-18(8-6-15)24-14-16-4-2-3-11-20-16/h2-8,11,17H,9-10,12-14H2,1H3,(H,21,23). The first kappa shape index (κ1) is 17.6. The number of benzene rings is 1. The van der Waals surface area contributed by atoms with Crippen molar-refractivity contribution in [2.45, 2.75) is 25.5 Å². The van der Waals surface area contributed by atoms with E-state index in [0.29, 0.717) is 12.6 Å². The lowest BCUT2D eigenvalue weighted by Gasteiger charge is -2.31. The number of nitrogens with zero attached hydrogens (tertiary/aromatic N) is 2. The molecule has 1 aliphatic heterocycles. The Morgan fingerprint density at radius 1 is 1.24 bits per heavy atom. The van der Waals surface area contributed by atoms with Gasteiger partial charge in [-0.25, -0.2) is 4.79 Å². The summed E-state index contributed by atoms with van der Waals surface area (Å²) in [5.74, 6) is 3.01. The zero-order valence-corrected chi connectivity index (χ0v) is 15.2. The SMILES string of the molecule is CN(C(=O)Nc1ccc(OCc2ccccn2)cc1)C1CCSCC1. The number of urea groups is 1. The molecular weight excluding hydrogens is 334 g/mol. The highest BCUT2D eigenvalue weighted by atomic mass is 32.2. The summed E-state index contributed by atoms with van der Waals surface area (Å²) in [6.45, 7) is 0.426. The molecule has 2 aromatic rings. The number of anilines is 1. The fraction of sp³-hybridized carbons (Fsp3) is 0.368. The molecule has 0 aliphatic carbocycles. The van der Waals surface area contributed by atoms with E-state index in [4.69, 9.17) is 4.74 Å². The zero-order valence-electron chi connectivity index (χ0n) is 14.4. The third-order valence-electron chi connectivity index (χ3n) is 4.28. The molecule has 1 N–H and O–H groups in total. The van der Waals surface area contributed by atoms with E-state index in [2.05, 4.69) is 10.3 Å². The van der Waals surface area contributed by atoms with Crippen LogP contribution in [0.25, 0.3) is 0 Å². The average molecular weight is 357 g/mol. The topological polar surface area (TPSA) is 54.5 Å². The van der Waals surface area contributed by atoms with Crippen LogP contribution < -0.4 is 10.1 Å². The van der Waals surface area contributed by atoms with Crippen molar-refractivity contribution in [3.8, 4) is 5.75 Å². The molecule has 1 aromatic heterocycles. The Morgan fingerprint density at radius 2 is 2.00 bits per heavy atom. The summed E-state index contributed by atoms with van der Waals surface area (Å²) >= 11 is 1.96. The summed E-state index contributed by atoms with van der Waals surface area (Å²) in [5, 5.41) is 2.95. The summed E-state index contributed by atoms with van der Waals surface area (Å²) in [5.41, 5.74) is 1.65. The minimum atomic E-state index is -0.0564. The molecule has 1 saturated heterocycles. The molecule has 2 heterocycles. The number of rotatable bonds is 5. The number of hydrogen-bond donors (Lipinski definition) is 1. The highest BCUT2D eigenvalue weighted by Crippen LogP contribution is 2.22. The van der Waals surface area contributed by atoms with E-state index >= 15 is 0 Å². The molecule has 2 amide bonds. The number of hydrogen-bond acceptors (Lipinski definition) is 4. The van der Waals surface area contributed by atoms with E-state index in [1.807, 2.05) is 66.2 Å². The highest BCUT2D eigenvalue weighted by molar-refractivity contribution is 7.99. The fourth-order valence-corrected chi connectivity index (χ4v) is 3.81. The summed E-state index contributed by atoms with van der Waals surface area (Å²) in [4.78, 5) is 18.4. The number of pyridine rings is 1. The van der Waals surface area contributed by atoms with Gasteiger partial charge >= 0.3 is 6.03 Å². The highest BCUT2D eigenvalue weighted by Gasteiger charge is 2.22. The predicted octanol–water partition coefficient (Wildman–Crippen LogP) is 4.02. The van der Waals surface area contributed by atoms with Crippen LogP contribution in [0.4, 0.5) is 10.5 Å². The van der Waals surface area contributed by atoms with Crippen molar-refractivity contribution in [1.29, 1.82) is 0 Å². The third-order valence-corrected chi connectivity index (χ3v) is 5.33. The Labute approximate surface area is 152 Å². The van der Waals surface area contributed by atoms with E-state index in [-0.39, 0.29) is 6.03 Å². The van der Waals surface area contributed by atoms with Crippen molar-refractivity contribution in [1.82, 2.24) is 9.88 Å². The molecule has 1 fully saturated rings. The van der Waals surface area contributed by atoms with Crippen molar-refractivity contribution < 1.29 is 9.53 Å². The van der Waals surface area contributed by atoms with Crippen molar-refractivity contribution in [3.05, 3.63) is 54.4 Å². The quantitative estimate of drug-likeness (QED) is 0.878. The van der Waals surface area contributed by atoms with Gasteiger partial charge in [-0.05, 0) is 60.7 Å². The number of carbonyl (C=O) groups excluding carboxylic acids is 1. The Morgan fingerprint density at radius 3 is 2.68 bits per heavy atom. The number of ether oxygens (including phenoxy) is 1. The van der Waals surface area contributed by atoms with Crippen molar-refractivity contribution in [2.75, 3.05) is 23.9 Å². The van der Waals surface area contributed by atoms with Gasteiger partial charge in [0.25, 0.3) is 0 Å². The van der Waals surface area contributed by atoms with Crippen molar-refractivity contribution in [2.24, 2.45) is 0 Å². The van der Waals surface area contributed by atoms with Gasteiger partial charge in [0.05, 0.1) is 5.69 Å². The first-order chi connectivity index (χ1) is 12.2. The van der Waals surface area contributed by atoms with E-state index in [9.17, 15) is 4.79 Å². The molecule has 0 spiro atoms. The van der Waals surface area contributed by atoms with Gasteiger partial charge in [-0.15, -0.1) is 0 Å². The molecule has 0 radical (unpaired) electrons. The number of aromatic nitrogens is 1. The number of amides is 2. The Balaban J connectivity index is 1.50. The van der Waals surface area contributed by atoms with Crippen LogP contribution in [-0.4, -0.2) is 40.5 Å². The normalized spacial score (nSPS) is 14.8. The lowest BCUT2D eigenvalue weighted by Crippen LogP contribution is -2.41. The van der Waals surface area contributed by atoms with Gasteiger partial charge in [-0.3, -0.25) is 4.98 Å². The van der Waals surface area contributed by atoms with Gasteiger partial charge in [0.2, 0.25) is 0 Å². The molecule has 0 unspecified atom stereocenters. The zero-order chi connectivity index (χ0) is 17.5. The van der Waals surface area contributed by atoms with Gasteiger partial charge in [0.1, 0.15) is 12.4 Å². The van der Waals surface area contributed by atoms with Crippen LogP contribution in [0.5, 0.6) is 5.75 Å². The maximum Gasteiger partial charge on any atom is 0.321 e. The van der Waals surface area contributed by atoms with Gasteiger partial charge in [-0.1, -0.05) is 6.07 Å². The Hall–Kier alpha value is -2.21. The first-order valence-corrected chi connectivity index (χ1v) is 9.62. The lowest BCUT2D eigenvalue weighted by atomic mass is 10.1. The number of carbonyl (C=O) groups is 1. The van der Waals surface area contributed by atoms with Crippen LogP contribution in [0, 0.1) is 0 Å². The van der Waals surface area contributed by atoms with Crippen LogP contribution in [0.15, 0.2) is 48.7 Å².